The van der Waals surface area contributed by atoms with Crippen molar-refractivity contribution in [2.75, 3.05) is 0 Å². The first-order chi connectivity index (χ1) is 73.0. The Morgan fingerprint density at radius 2 is 0.286 bits per heavy atom. The fourth-order valence-corrected chi connectivity index (χ4v) is 23.6. The number of hydrogen-bond acceptors (Lipinski definition) is 3. The molecule has 0 radical (unpaired) electrons. The van der Waals surface area contributed by atoms with Crippen LogP contribution < -0.4 is 0 Å². The number of benzene rings is 27. The van der Waals surface area contributed by atoms with Crippen LogP contribution in [0, 0.1) is 0 Å². The molecule has 30 aromatic rings. The summed E-state index contributed by atoms with van der Waals surface area (Å²) >= 11 is 0. The zero-order valence-corrected chi connectivity index (χ0v) is 80.2. The maximum atomic E-state index is 6.55. The normalized spacial score (nSPS) is 11.7. The minimum Gasteiger partial charge on any atom is -0.455 e. The predicted octanol–water partition coefficient (Wildman–Crippen LogP) is 41.1. The second-order valence-corrected chi connectivity index (χ2v) is 38.4. The van der Waals surface area contributed by atoms with Crippen molar-refractivity contribution in [3.8, 4) is 134 Å². The van der Waals surface area contributed by atoms with Crippen LogP contribution in [0.4, 0.5) is 0 Å². The minimum atomic E-state index is 0.911. The van der Waals surface area contributed by atoms with E-state index in [0.717, 1.165) is 99.2 Å². The number of furan rings is 3. The van der Waals surface area contributed by atoms with Crippen molar-refractivity contribution >= 4 is 163 Å². The van der Waals surface area contributed by atoms with E-state index in [9.17, 15) is 0 Å². The van der Waals surface area contributed by atoms with E-state index in [-0.39, 0.29) is 0 Å². The molecule has 0 bridgehead atoms. The van der Waals surface area contributed by atoms with E-state index in [0.29, 0.717) is 0 Å². The van der Waals surface area contributed by atoms with Gasteiger partial charge in [-0.3, -0.25) is 0 Å². The van der Waals surface area contributed by atoms with Crippen LogP contribution in [0.5, 0.6) is 0 Å². The topological polar surface area (TPSA) is 39.4 Å². The van der Waals surface area contributed by atoms with Gasteiger partial charge in [-0.2, -0.15) is 0 Å². The molecule has 0 amide bonds. The Morgan fingerprint density at radius 3 is 0.612 bits per heavy atom. The molecule has 684 valence electrons. The molecule has 0 aliphatic heterocycles. The molecular weight excluding hydrogens is 1780 g/mol. The van der Waals surface area contributed by atoms with Gasteiger partial charge >= 0.3 is 0 Å². The van der Waals surface area contributed by atoms with Crippen LogP contribution in [0.25, 0.3) is 296 Å². The first-order valence-electron chi connectivity index (χ1n) is 50.6. The fourth-order valence-electron chi connectivity index (χ4n) is 23.6. The maximum absolute atomic E-state index is 6.55. The molecule has 3 nitrogen and oxygen atoms in total. The Labute approximate surface area is 849 Å². The molecule has 0 saturated carbocycles. The van der Waals surface area contributed by atoms with E-state index in [1.165, 1.54) is 197 Å². The van der Waals surface area contributed by atoms with Gasteiger partial charge < -0.3 is 13.3 Å². The summed E-state index contributed by atoms with van der Waals surface area (Å²) < 4.78 is 19.4. The fraction of sp³-hybridized carbons (Fsp3) is 0. The molecule has 0 atom stereocenters. The summed E-state index contributed by atoms with van der Waals surface area (Å²) in [5.41, 5.74) is 34.5. The molecule has 0 saturated heterocycles. The molecule has 3 heterocycles. The number of fused-ring (bicyclic) bond motifs is 18. The Bertz CT molecular complexity index is 10300. The van der Waals surface area contributed by atoms with Gasteiger partial charge in [-0.1, -0.05) is 522 Å². The van der Waals surface area contributed by atoms with Crippen LogP contribution in [-0.2, 0) is 0 Å². The van der Waals surface area contributed by atoms with Crippen LogP contribution in [-0.4, -0.2) is 0 Å². The van der Waals surface area contributed by atoms with Crippen molar-refractivity contribution in [1.82, 2.24) is 0 Å². The van der Waals surface area contributed by atoms with Crippen LogP contribution in [0.15, 0.2) is 559 Å². The highest BCUT2D eigenvalue weighted by Gasteiger charge is 2.26. The Hall–Kier alpha value is -19.3. The van der Waals surface area contributed by atoms with E-state index in [2.05, 4.69) is 516 Å². The van der Waals surface area contributed by atoms with Gasteiger partial charge in [0.2, 0.25) is 0 Å². The molecule has 30 rings (SSSR count). The van der Waals surface area contributed by atoms with Gasteiger partial charge in [0, 0.05) is 49.0 Å². The van der Waals surface area contributed by atoms with E-state index in [1.807, 2.05) is 30.3 Å². The summed E-state index contributed by atoms with van der Waals surface area (Å²) in [6.07, 6.45) is 0. The lowest BCUT2D eigenvalue weighted by atomic mass is 9.83. The first kappa shape index (κ1) is 85.6. The van der Waals surface area contributed by atoms with Gasteiger partial charge in [0.15, 0.2) is 0 Å². The summed E-state index contributed by atoms with van der Waals surface area (Å²) in [6.45, 7) is 0. The van der Waals surface area contributed by atoms with Crippen LogP contribution in [0.1, 0.15) is 0 Å². The largest absolute Gasteiger partial charge is 0.455 e. The zero-order chi connectivity index (χ0) is 96.9. The summed E-state index contributed by atoms with van der Waals surface area (Å²) in [6, 6.07) is 197. The Balaban J connectivity index is 0.000000107. The van der Waals surface area contributed by atoms with Gasteiger partial charge in [-0.15, -0.1) is 0 Å². The standard InChI is InChI=1S/3C48H30O/c1-2-16-36-31(12-1)13-10-22-37(36)32-26-28-33(29-27-32)46-40-18-3-5-20-42(40)47(43-21-6-4-19-41(43)46)35-15-9-14-34(30-35)38-23-11-24-44-39-17-7-8-25-45(39)49-48(38)44;1-2-13-36-31(11-1)12-9-19-37(36)32-23-27-34(28-24-32)46-40-15-3-5-17-42(40)47(43-18-6-4-16-41(43)46)35-29-25-33(26-30-35)38-20-10-21-44-39-14-7-8-22-45(39)49-48(38)44;1-2-15-34-31(13-1)14-11-23-35(34)32-27-29-33(30-28-32)46-39-19-5-7-21-41(39)47(42-22-8-6-20-40(42)46)38-18-4-3-16-36(38)43-24-12-25-44-37-17-9-10-26-45(37)49-48(43)44/h3*1-30H. The number of para-hydroxylation sites is 6. The third-order valence-corrected chi connectivity index (χ3v) is 30.3. The quantitative estimate of drug-likeness (QED) is 0.114. The monoisotopic (exact) mass is 1870 g/mol. The lowest BCUT2D eigenvalue weighted by molar-refractivity contribution is 0.669. The summed E-state index contributed by atoms with van der Waals surface area (Å²) in [4.78, 5) is 0. The molecule has 3 aromatic heterocycles. The van der Waals surface area contributed by atoms with E-state index in [1.54, 1.807) is 0 Å². The van der Waals surface area contributed by atoms with Crippen molar-refractivity contribution in [2.24, 2.45) is 0 Å². The molecule has 0 N–H and O–H groups in total. The van der Waals surface area contributed by atoms with Crippen molar-refractivity contribution < 1.29 is 13.3 Å². The third kappa shape index (κ3) is 14.7. The van der Waals surface area contributed by atoms with Gasteiger partial charge in [0.1, 0.15) is 33.5 Å². The average molecular weight is 1870 g/mol. The molecule has 147 heavy (non-hydrogen) atoms. The first-order valence-corrected chi connectivity index (χ1v) is 50.6. The maximum Gasteiger partial charge on any atom is 0.143 e. The van der Waals surface area contributed by atoms with Gasteiger partial charge in [-0.25, -0.2) is 0 Å². The molecule has 3 heteroatoms. The smallest absolute Gasteiger partial charge is 0.143 e. The van der Waals surface area contributed by atoms with Crippen molar-refractivity contribution in [3.05, 3.63) is 546 Å². The molecule has 0 aliphatic rings. The molecule has 0 unspecified atom stereocenters. The van der Waals surface area contributed by atoms with Crippen LogP contribution >= 0.6 is 0 Å². The molecule has 0 fully saturated rings. The minimum absolute atomic E-state index is 0.911. The molecule has 0 aliphatic carbocycles. The Morgan fingerprint density at radius 1 is 0.0952 bits per heavy atom. The van der Waals surface area contributed by atoms with E-state index < -0.39 is 0 Å². The average Bonchev–Trinajstić information content (AvgIpc) is 1.70. The summed E-state index contributed by atoms with van der Waals surface area (Å²) in [5, 5.41) is 29.4. The predicted molar refractivity (Wildman–Crippen MR) is 624 cm³/mol. The van der Waals surface area contributed by atoms with Crippen molar-refractivity contribution in [1.29, 1.82) is 0 Å². The third-order valence-electron chi connectivity index (χ3n) is 30.3. The molecule has 27 aromatic carbocycles. The zero-order valence-electron chi connectivity index (χ0n) is 80.2. The highest BCUT2D eigenvalue weighted by Crippen LogP contribution is 2.53. The van der Waals surface area contributed by atoms with E-state index in [4.69, 9.17) is 13.3 Å². The lowest BCUT2D eigenvalue weighted by Crippen LogP contribution is -1.93. The number of rotatable bonds is 12. The summed E-state index contributed by atoms with van der Waals surface area (Å²) in [7, 11) is 0. The Kier molecular flexibility index (Phi) is 21.0. The van der Waals surface area contributed by atoms with Gasteiger partial charge in [0.25, 0.3) is 0 Å². The molecule has 0 spiro atoms. The highest BCUT2D eigenvalue weighted by atomic mass is 16.3. The second-order valence-electron chi connectivity index (χ2n) is 38.4. The summed E-state index contributed by atoms with van der Waals surface area (Å²) in [5.74, 6) is 0. The molecular formula is C144H90O3. The van der Waals surface area contributed by atoms with Crippen molar-refractivity contribution in [2.45, 2.75) is 0 Å². The second kappa shape index (κ2) is 36.0. The van der Waals surface area contributed by atoms with Gasteiger partial charge in [-0.05, 0) is 238 Å². The van der Waals surface area contributed by atoms with Gasteiger partial charge in [0.05, 0.1) is 0 Å². The number of hydrogen-bond donors (Lipinski definition) is 0. The van der Waals surface area contributed by atoms with E-state index >= 15 is 0 Å². The SMILES string of the molecule is c1cc(-c2c3ccccc3c(-c3ccc(-c4cccc5ccccc45)cc3)c3ccccc23)cc(-c2cccc3c2oc2ccccc23)c1.c1ccc(-c2cccc3c2oc2ccccc23)c(-c2c3ccccc3c(-c3ccc(-c4cccc5ccccc45)cc3)c3ccccc23)c1.c1ccc2c(-c3ccc(-c4c5ccccc5c(-c5ccc(-c6cccc7c6oc6ccccc67)cc5)c5ccccc45)cc3)cccc2c1. The lowest BCUT2D eigenvalue weighted by Gasteiger charge is -2.20. The van der Waals surface area contributed by atoms with Crippen LogP contribution in [0.2, 0.25) is 0 Å². The van der Waals surface area contributed by atoms with Crippen molar-refractivity contribution in [3.63, 3.8) is 0 Å². The van der Waals surface area contributed by atoms with Crippen LogP contribution in [0.3, 0.4) is 0 Å². The highest BCUT2D eigenvalue weighted by molar-refractivity contribution is 6.27.